The van der Waals surface area contributed by atoms with Gasteiger partial charge in [-0.15, -0.1) is 0 Å². The smallest absolute Gasteiger partial charge is 0.306 e. The van der Waals surface area contributed by atoms with Crippen LogP contribution in [0.2, 0.25) is 0 Å². The first-order valence-corrected chi connectivity index (χ1v) is 21.8. The molecule has 0 spiro atoms. The Hall–Kier alpha value is -3.18. The minimum Gasteiger partial charge on any atom is -0.462 e. The SMILES string of the molecule is CC/C=C\C/C=C\C/C=C\C/C=C\C/C=C\CCCCCCCC(=O)OC(CO)COC(=O)CCCCCCCC/C=C\C/C=C\C/C=C\CCCCC. The standard InChI is InChI=1S/C49H80O5/c1-3-5-7-9-11-13-15-17-19-21-23-24-26-28-30-32-34-36-38-40-42-44-49(52)54-47(45-50)46-53-48(51)43-41-39-37-35-33-31-29-27-25-22-20-18-16-14-12-10-8-6-4-2/h5,7,11-14,17-20,23-25,27-28,30,47,50H,3-4,6,8-10,15-16,21-22,26,29,31-46H2,1-2H3/b7-5-,13-11-,14-12-,19-17-,20-18-,24-23-,27-25-,30-28-. The molecule has 0 heterocycles. The number of esters is 2. The summed E-state index contributed by atoms with van der Waals surface area (Å²) in [6, 6.07) is 0. The van der Waals surface area contributed by atoms with Crippen molar-refractivity contribution in [2.24, 2.45) is 0 Å². The predicted molar refractivity (Wildman–Crippen MR) is 232 cm³/mol. The van der Waals surface area contributed by atoms with E-state index < -0.39 is 6.10 Å². The van der Waals surface area contributed by atoms with Crippen LogP contribution in [-0.4, -0.2) is 36.4 Å². The van der Waals surface area contributed by atoms with Crippen molar-refractivity contribution in [3.8, 4) is 0 Å². The normalized spacial score (nSPS) is 13.2. The highest BCUT2D eigenvalue weighted by Gasteiger charge is 2.16. The van der Waals surface area contributed by atoms with E-state index in [2.05, 4.69) is 111 Å². The van der Waals surface area contributed by atoms with Gasteiger partial charge in [-0.1, -0.05) is 169 Å². The van der Waals surface area contributed by atoms with Crippen LogP contribution >= 0.6 is 0 Å². The third-order valence-electron chi connectivity index (χ3n) is 8.86. The molecule has 0 bridgehead atoms. The summed E-state index contributed by atoms with van der Waals surface area (Å²) in [5.74, 6) is -0.635. The topological polar surface area (TPSA) is 72.8 Å². The zero-order valence-corrected chi connectivity index (χ0v) is 34.7. The Labute approximate surface area is 332 Å². The van der Waals surface area contributed by atoms with Crippen LogP contribution < -0.4 is 0 Å². The minimum absolute atomic E-state index is 0.0869. The van der Waals surface area contributed by atoms with Gasteiger partial charge in [0, 0.05) is 12.8 Å². The van der Waals surface area contributed by atoms with Gasteiger partial charge in [0.25, 0.3) is 0 Å². The van der Waals surface area contributed by atoms with Crippen LogP contribution in [0, 0.1) is 0 Å². The number of aliphatic hydroxyl groups excluding tert-OH is 1. The molecule has 0 saturated carbocycles. The zero-order chi connectivity index (χ0) is 39.3. The summed E-state index contributed by atoms with van der Waals surface area (Å²) in [6.45, 7) is 3.96. The van der Waals surface area contributed by atoms with Gasteiger partial charge in [-0.3, -0.25) is 9.59 Å². The Morgan fingerprint density at radius 1 is 0.444 bits per heavy atom. The average molecular weight is 749 g/mol. The number of hydrogen-bond acceptors (Lipinski definition) is 5. The van der Waals surface area contributed by atoms with Gasteiger partial charge in [0.15, 0.2) is 6.10 Å². The van der Waals surface area contributed by atoms with Crippen molar-refractivity contribution in [3.63, 3.8) is 0 Å². The van der Waals surface area contributed by atoms with Gasteiger partial charge in [0.2, 0.25) is 0 Å². The van der Waals surface area contributed by atoms with Gasteiger partial charge in [-0.25, -0.2) is 0 Å². The van der Waals surface area contributed by atoms with E-state index in [1.807, 2.05) is 0 Å². The minimum atomic E-state index is -0.794. The Morgan fingerprint density at radius 2 is 0.796 bits per heavy atom. The van der Waals surface area contributed by atoms with Crippen LogP contribution in [0.5, 0.6) is 0 Å². The van der Waals surface area contributed by atoms with Gasteiger partial charge < -0.3 is 14.6 Å². The molecule has 306 valence electrons. The summed E-state index contributed by atoms with van der Waals surface area (Å²) in [4.78, 5) is 24.3. The highest BCUT2D eigenvalue weighted by Crippen LogP contribution is 2.12. The fourth-order valence-corrected chi connectivity index (χ4v) is 5.59. The summed E-state index contributed by atoms with van der Waals surface area (Å²) in [5, 5.41) is 9.59. The predicted octanol–water partition coefficient (Wildman–Crippen LogP) is 14.1. The Kier molecular flexibility index (Phi) is 41.6. The molecule has 0 aliphatic rings. The van der Waals surface area contributed by atoms with E-state index in [0.717, 1.165) is 109 Å². The van der Waals surface area contributed by atoms with Crippen molar-refractivity contribution in [3.05, 3.63) is 97.2 Å². The van der Waals surface area contributed by atoms with Crippen LogP contribution in [0.15, 0.2) is 97.2 Å². The molecule has 0 aliphatic heterocycles. The number of carbonyl (C=O) groups is 2. The van der Waals surface area contributed by atoms with E-state index in [1.165, 1.54) is 44.9 Å². The number of allylic oxidation sites excluding steroid dienone is 16. The molecule has 0 amide bonds. The van der Waals surface area contributed by atoms with Gasteiger partial charge in [-0.2, -0.15) is 0 Å². The maximum absolute atomic E-state index is 12.2. The molecular weight excluding hydrogens is 669 g/mol. The van der Waals surface area contributed by atoms with Gasteiger partial charge >= 0.3 is 11.9 Å². The second kappa shape index (κ2) is 44.2. The third-order valence-corrected chi connectivity index (χ3v) is 8.86. The molecule has 0 aromatic carbocycles. The lowest BCUT2D eigenvalue weighted by Gasteiger charge is -2.15. The number of rotatable bonds is 38. The second-order valence-corrected chi connectivity index (χ2v) is 14.0. The first-order valence-electron chi connectivity index (χ1n) is 21.8. The Balaban J connectivity index is 3.65. The van der Waals surface area contributed by atoms with Crippen LogP contribution in [0.25, 0.3) is 0 Å². The summed E-state index contributed by atoms with van der Waals surface area (Å²) >= 11 is 0. The lowest BCUT2D eigenvalue weighted by molar-refractivity contribution is -0.161. The van der Waals surface area contributed by atoms with Crippen molar-refractivity contribution in [2.45, 2.75) is 187 Å². The second-order valence-electron chi connectivity index (χ2n) is 14.0. The molecule has 0 radical (unpaired) electrons. The Morgan fingerprint density at radius 3 is 1.20 bits per heavy atom. The third kappa shape index (κ3) is 41.6. The first kappa shape index (κ1) is 50.8. The molecule has 1 unspecified atom stereocenters. The summed E-state index contributed by atoms with van der Waals surface area (Å²) in [6.07, 6.45) is 61.8. The molecule has 5 heteroatoms. The van der Waals surface area contributed by atoms with Gasteiger partial charge in [0.1, 0.15) is 6.61 Å². The average Bonchev–Trinajstić information content (AvgIpc) is 3.17. The molecule has 0 aliphatic carbocycles. The first-order chi connectivity index (χ1) is 26.6. The van der Waals surface area contributed by atoms with Crippen molar-refractivity contribution >= 4 is 11.9 Å². The van der Waals surface area contributed by atoms with Crippen LogP contribution in [0.3, 0.4) is 0 Å². The molecule has 5 nitrogen and oxygen atoms in total. The number of carbonyl (C=O) groups excluding carboxylic acids is 2. The van der Waals surface area contributed by atoms with Gasteiger partial charge in [0.05, 0.1) is 6.61 Å². The molecular formula is C49H80O5. The molecule has 1 N–H and O–H groups in total. The quantitative estimate of drug-likeness (QED) is 0.0387. The number of ether oxygens (including phenoxy) is 2. The van der Waals surface area contributed by atoms with E-state index in [4.69, 9.17) is 9.47 Å². The maximum Gasteiger partial charge on any atom is 0.306 e. The number of aliphatic hydroxyl groups is 1. The number of unbranched alkanes of at least 4 members (excludes halogenated alkanes) is 14. The molecule has 1 atom stereocenters. The van der Waals surface area contributed by atoms with E-state index >= 15 is 0 Å². The zero-order valence-electron chi connectivity index (χ0n) is 34.7. The van der Waals surface area contributed by atoms with Crippen molar-refractivity contribution < 1.29 is 24.2 Å². The molecule has 0 saturated heterocycles. The van der Waals surface area contributed by atoms with Crippen LogP contribution in [0.4, 0.5) is 0 Å². The monoisotopic (exact) mass is 749 g/mol. The lowest BCUT2D eigenvalue weighted by atomic mass is 10.1. The summed E-state index contributed by atoms with van der Waals surface area (Å²) in [5.41, 5.74) is 0. The van der Waals surface area contributed by atoms with Crippen LogP contribution in [-0.2, 0) is 19.1 Å². The summed E-state index contributed by atoms with van der Waals surface area (Å²) in [7, 11) is 0. The van der Waals surface area contributed by atoms with E-state index in [1.54, 1.807) is 0 Å². The fourth-order valence-electron chi connectivity index (χ4n) is 5.59. The van der Waals surface area contributed by atoms with Crippen molar-refractivity contribution in [2.75, 3.05) is 13.2 Å². The molecule has 0 aromatic heterocycles. The maximum atomic E-state index is 12.2. The fraction of sp³-hybridized carbons (Fsp3) is 0.633. The lowest BCUT2D eigenvalue weighted by Crippen LogP contribution is -2.28. The van der Waals surface area contributed by atoms with Crippen molar-refractivity contribution in [1.29, 1.82) is 0 Å². The molecule has 0 aromatic rings. The highest BCUT2D eigenvalue weighted by molar-refractivity contribution is 5.70. The summed E-state index contributed by atoms with van der Waals surface area (Å²) < 4.78 is 10.6. The molecule has 0 rings (SSSR count). The van der Waals surface area contributed by atoms with Gasteiger partial charge in [-0.05, 0) is 96.3 Å². The molecule has 54 heavy (non-hydrogen) atoms. The van der Waals surface area contributed by atoms with E-state index in [-0.39, 0.29) is 25.2 Å². The van der Waals surface area contributed by atoms with E-state index in [0.29, 0.717) is 12.8 Å². The number of hydrogen-bond donors (Lipinski definition) is 1. The van der Waals surface area contributed by atoms with E-state index in [9.17, 15) is 14.7 Å². The van der Waals surface area contributed by atoms with Crippen LogP contribution in [0.1, 0.15) is 181 Å². The Bertz CT molecular complexity index is 1070. The highest BCUT2D eigenvalue weighted by atomic mass is 16.6. The van der Waals surface area contributed by atoms with Crippen molar-refractivity contribution in [1.82, 2.24) is 0 Å². The molecule has 0 fully saturated rings. The largest absolute Gasteiger partial charge is 0.462 e.